The van der Waals surface area contributed by atoms with Crippen LogP contribution in [0.1, 0.15) is 25.5 Å². The van der Waals surface area contributed by atoms with Crippen LogP contribution in [-0.2, 0) is 6.54 Å². The number of furan rings is 1. The summed E-state index contributed by atoms with van der Waals surface area (Å²) >= 11 is 0. The van der Waals surface area contributed by atoms with Crippen LogP contribution in [0, 0.1) is 0 Å². The maximum atomic E-state index is 5.21. The van der Waals surface area contributed by atoms with E-state index in [0.29, 0.717) is 6.04 Å². The van der Waals surface area contributed by atoms with E-state index in [1.165, 1.54) is 0 Å². The third kappa shape index (κ3) is 3.95. The molecule has 0 aromatic carbocycles. The van der Waals surface area contributed by atoms with E-state index in [9.17, 15) is 0 Å². The van der Waals surface area contributed by atoms with Crippen LogP contribution in [0.5, 0.6) is 0 Å². The van der Waals surface area contributed by atoms with E-state index < -0.39 is 0 Å². The van der Waals surface area contributed by atoms with E-state index >= 15 is 0 Å². The summed E-state index contributed by atoms with van der Waals surface area (Å²) < 4.78 is 5.21. The van der Waals surface area contributed by atoms with Crippen LogP contribution in [0.15, 0.2) is 35.5 Å². The molecule has 0 unspecified atom stereocenters. The van der Waals surface area contributed by atoms with Crippen LogP contribution < -0.4 is 5.32 Å². The molecule has 2 heteroatoms. The lowest BCUT2D eigenvalue weighted by atomic mass is 10.2. The first-order chi connectivity index (χ1) is 6.33. The van der Waals surface area contributed by atoms with Crippen molar-refractivity contribution in [2.45, 2.75) is 32.4 Å². The van der Waals surface area contributed by atoms with Crippen molar-refractivity contribution in [1.29, 1.82) is 0 Å². The first-order valence-electron chi connectivity index (χ1n) is 4.69. The van der Waals surface area contributed by atoms with Gasteiger partial charge < -0.3 is 9.73 Å². The molecule has 13 heavy (non-hydrogen) atoms. The Bertz CT molecular complexity index is 228. The lowest BCUT2D eigenvalue weighted by Gasteiger charge is -2.10. The molecule has 1 rings (SSSR count). The van der Waals surface area contributed by atoms with Gasteiger partial charge in [0, 0.05) is 6.04 Å². The largest absolute Gasteiger partial charge is 0.468 e. The third-order valence-electron chi connectivity index (χ3n) is 2.01. The second-order valence-electron chi connectivity index (χ2n) is 3.23. The predicted octanol–water partition coefficient (Wildman–Crippen LogP) is 2.72. The Morgan fingerprint density at radius 2 is 2.54 bits per heavy atom. The van der Waals surface area contributed by atoms with Crippen LogP contribution in [0.3, 0.4) is 0 Å². The summed E-state index contributed by atoms with van der Waals surface area (Å²) in [4.78, 5) is 0. The Morgan fingerprint density at radius 1 is 1.69 bits per heavy atom. The van der Waals surface area contributed by atoms with Crippen molar-refractivity contribution >= 4 is 0 Å². The highest BCUT2D eigenvalue weighted by Crippen LogP contribution is 2.02. The van der Waals surface area contributed by atoms with Crippen LogP contribution in [-0.4, -0.2) is 6.04 Å². The molecule has 1 N–H and O–H groups in total. The van der Waals surface area contributed by atoms with Crippen molar-refractivity contribution in [3.05, 3.63) is 36.8 Å². The van der Waals surface area contributed by atoms with Crippen molar-refractivity contribution in [1.82, 2.24) is 5.32 Å². The Kier molecular flexibility index (Phi) is 4.33. The highest BCUT2D eigenvalue weighted by molar-refractivity contribution is 4.97. The fourth-order valence-corrected chi connectivity index (χ4v) is 1.16. The number of hydrogen-bond acceptors (Lipinski definition) is 2. The highest BCUT2D eigenvalue weighted by atomic mass is 16.3. The first-order valence-corrected chi connectivity index (χ1v) is 4.69. The molecule has 0 aliphatic heterocycles. The van der Waals surface area contributed by atoms with E-state index in [0.717, 1.165) is 25.1 Å². The van der Waals surface area contributed by atoms with Gasteiger partial charge in [0.2, 0.25) is 0 Å². The summed E-state index contributed by atoms with van der Waals surface area (Å²) in [6.45, 7) is 6.68. The van der Waals surface area contributed by atoms with Gasteiger partial charge in [0.25, 0.3) is 0 Å². The number of allylic oxidation sites excluding steroid dienone is 1. The summed E-state index contributed by atoms with van der Waals surface area (Å²) in [7, 11) is 0. The van der Waals surface area contributed by atoms with Crippen molar-refractivity contribution in [2.24, 2.45) is 0 Å². The lowest BCUT2D eigenvalue weighted by Crippen LogP contribution is -2.24. The van der Waals surface area contributed by atoms with E-state index in [-0.39, 0.29) is 0 Å². The number of rotatable bonds is 6. The van der Waals surface area contributed by atoms with E-state index in [1.807, 2.05) is 18.2 Å². The van der Waals surface area contributed by atoms with E-state index in [1.54, 1.807) is 6.26 Å². The quantitative estimate of drug-likeness (QED) is 0.679. The summed E-state index contributed by atoms with van der Waals surface area (Å²) in [5.74, 6) is 0.991. The molecule has 0 radical (unpaired) electrons. The predicted molar refractivity (Wildman–Crippen MR) is 54.4 cm³/mol. The fraction of sp³-hybridized carbons (Fsp3) is 0.455. The minimum Gasteiger partial charge on any atom is -0.468 e. The van der Waals surface area contributed by atoms with Gasteiger partial charge in [0.1, 0.15) is 5.76 Å². The Hall–Kier alpha value is -1.02. The zero-order valence-corrected chi connectivity index (χ0v) is 8.12. The molecule has 0 saturated heterocycles. The molecule has 1 aromatic heterocycles. The molecule has 72 valence electrons. The van der Waals surface area contributed by atoms with Gasteiger partial charge in [-0.1, -0.05) is 6.08 Å². The zero-order chi connectivity index (χ0) is 9.52. The van der Waals surface area contributed by atoms with Gasteiger partial charge in [-0.2, -0.15) is 0 Å². The normalized spacial score (nSPS) is 12.7. The molecule has 0 aliphatic rings. The van der Waals surface area contributed by atoms with Crippen LogP contribution in [0.4, 0.5) is 0 Å². The standard InChI is InChI=1S/C11H17NO/c1-3-4-6-10(2)12-9-11-7-5-8-13-11/h3,5,7-8,10,12H,1,4,6,9H2,2H3/t10-/m0/s1. The molecular formula is C11H17NO. The Balaban J connectivity index is 2.15. The molecule has 1 atom stereocenters. The SMILES string of the molecule is C=CCC[C@H](C)NCc1ccco1. The maximum absolute atomic E-state index is 5.21. The Morgan fingerprint density at radius 3 is 3.15 bits per heavy atom. The first kappa shape index (κ1) is 10.1. The summed E-state index contributed by atoms with van der Waals surface area (Å²) in [6.07, 6.45) is 5.84. The molecule has 0 spiro atoms. The minimum atomic E-state index is 0.517. The van der Waals surface area contributed by atoms with Crippen molar-refractivity contribution < 1.29 is 4.42 Å². The zero-order valence-electron chi connectivity index (χ0n) is 8.12. The fourth-order valence-electron chi connectivity index (χ4n) is 1.16. The molecule has 0 amide bonds. The summed E-state index contributed by atoms with van der Waals surface area (Å²) in [6, 6.07) is 4.40. The molecule has 2 nitrogen and oxygen atoms in total. The van der Waals surface area contributed by atoms with Gasteiger partial charge in [-0.3, -0.25) is 0 Å². The van der Waals surface area contributed by atoms with Crippen molar-refractivity contribution in [3.63, 3.8) is 0 Å². The smallest absolute Gasteiger partial charge is 0.117 e. The average Bonchev–Trinajstić information content (AvgIpc) is 2.64. The molecule has 0 aliphatic carbocycles. The molecule has 1 aromatic rings. The van der Waals surface area contributed by atoms with E-state index in [4.69, 9.17) is 4.42 Å². The summed E-state index contributed by atoms with van der Waals surface area (Å²) in [5.41, 5.74) is 0. The van der Waals surface area contributed by atoms with Gasteiger partial charge >= 0.3 is 0 Å². The van der Waals surface area contributed by atoms with Crippen molar-refractivity contribution in [2.75, 3.05) is 0 Å². The van der Waals surface area contributed by atoms with Gasteiger partial charge in [-0.15, -0.1) is 6.58 Å². The maximum Gasteiger partial charge on any atom is 0.117 e. The van der Waals surface area contributed by atoms with Gasteiger partial charge in [-0.25, -0.2) is 0 Å². The van der Waals surface area contributed by atoms with Gasteiger partial charge in [0.05, 0.1) is 12.8 Å². The van der Waals surface area contributed by atoms with E-state index in [2.05, 4.69) is 18.8 Å². The van der Waals surface area contributed by atoms with Crippen molar-refractivity contribution in [3.8, 4) is 0 Å². The molecule has 0 bridgehead atoms. The molecular weight excluding hydrogens is 162 g/mol. The molecule has 1 heterocycles. The van der Waals surface area contributed by atoms with Crippen LogP contribution in [0.25, 0.3) is 0 Å². The molecule has 0 saturated carbocycles. The number of nitrogens with one attached hydrogen (secondary N) is 1. The summed E-state index contributed by atoms with van der Waals surface area (Å²) in [5, 5.41) is 3.38. The second-order valence-corrected chi connectivity index (χ2v) is 3.23. The third-order valence-corrected chi connectivity index (χ3v) is 2.01. The monoisotopic (exact) mass is 179 g/mol. The highest BCUT2D eigenvalue weighted by Gasteiger charge is 2.00. The van der Waals surface area contributed by atoms with Crippen LogP contribution >= 0.6 is 0 Å². The molecule has 0 fully saturated rings. The second kappa shape index (κ2) is 5.60. The van der Waals surface area contributed by atoms with Crippen LogP contribution in [0.2, 0.25) is 0 Å². The minimum absolute atomic E-state index is 0.517. The average molecular weight is 179 g/mol. The lowest BCUT2D eigenvalue weighted by molar-refractivity contribution is 0.445. The van der Waals surface area contributed by atoms with Gasteiger partial charge in [-0.05, 0) is 31.9 Å². The van der Waals surface area contributed by atoms with Gasteiger partial charge in [0.15, 0.2) is 0 Å². The Labute approximate surface area is 79.6 Å². The number of hydrogen-bond donors (Lipinski definition) is 1. The topological polar surface area (TPSA) is 25.2 Å².